The van der Waals surface area contributed by atoms with Crippen molar-refractivity contribution in [1.82, 2.24) is 19.5 Å². The molecule has 0 saturated carbocycles. The topological polar surface area (TPSA) is 85.3 Å². The van der Waals surface area contributed by atoms with E-state index in [1.54, 1.807) is 16.8 Å². The highest BCUT2D eigenvalue weighted by molar-refractivity contribution is 5.93. The van der Waals surface area contributed by atoms with Gasteiger partial charge in [-0.15, -0.1) is 0 Å². The van der Waals surface area contributed by atoms with Crippen molar-refractivity contribution in [1.29, 1.82) is 0 Å². The molecule has 0 saturated heterocycles. The van der Waals surface area contributed by atoms with Crippen molar-refractivity contribution >= 4 is 27.8 Å². The number of likely N-dealkylation sites (N-methyl/N-ethyl adjacent to an activating group) is 1. The molecule has 0 bridgehead atoms. The number of ether oxygens (including phenoxy) is 2. The van der Waals surface area contributed by atoms with Gasteiger partial charge in [0.15, 0.2) is 11.4 Å². The highest BCUT2D eigenvalue weighted by Gasteiger charge is 2.20. The smallest absolute Gasteiger partial charge is 0.332 e. The number of hydrogen-bond donors (Lipinski definition) is 1. The van der Waals surface area contributed by atoms with Gasteiger partial charge in [-0.25, -0.2) is 9.78 Å². The molecule has 4 heterocycles. The Morgan fingerprint density at radius 3 is 3.04 bits per heavy atom. The lowest BCUT2D eigenvalue weighted by Crippen LogP contribution is -2.29. The number of benzene rings is 1. The van der Waals surface area contributed by atoms with Gasteiger partial charge in [-0.2, -0.15) is 0 Å². The lowest BCUT2D eigenvalue weighted by molar-refractivity contribution is 0.315. The summed E-state index contributed by atoms with van der Waals surface area (Å²) in [6.45, 7) is 3.82. The minimum absolute atomic E-state index is 0.273. The van der Waals surface area contributed by atoms with Crippen LogP contribution < -0.4 is 20.1 Å². The number of imidazole rings is 1. The number of aromatic nitrogens is 4. The third-order valence-electron chi connectivity index (χ3n) is 4.96. The van der Waals surface area contributed by atoms with Crippen molar-refractivity contribution in [2.75, 3.05) is 31.7 Å². The molecule has 4 aromatic rings. The monoisotopic (exact) mass is 377 g/mol. The fourth-order valence-corrected chi connectivity index (χ4v) is 3.63. The van der Waals surface area contributed by atoms with Crippen LogP contribution in [0.5, 0.6) is 11.5 Å². The van der Waals surface area contributed by atoms with Crippen molar-refractivity contribution in [3.05, 3.63) is 47.1 Å². The maximum atomic E-state index is 12.7. The zero-order valence-corrected chi connectivity index (χ0v) is 15.6. The van der Waals surface area contributed by atoms with E-state index < -0.39 is 0 Å². The van der Waals surface area contributed by atoms with Gasteiger partial charge in [0.05, 0.1) is 36.2 Å². The first-order valence-corrected chi connectivity index (χ1v) is 9.17. The number of rotatable bonds is 3. The van der Waals surface area contributed by atoms with Crippen LogP contribution >= 0.6 is 0 Å². The lowest BCUT2D eigenvalue weighted by atomic mass is 10.1. The quantitative estimate of drug-likeness (QED) is 0.590. The van der Waals surface area contributed by atoms with Gasteiger partial charge in [0.25, 0.3) is 0 Å². The molecule has 142 valence electrons. The van der Waals surface area contributed by atoms with Gasteiger partial charge in [-0.1, -0.05) is 0 Å². The van der Waals surface area contributed by atoms with E-state index in [-0.39, 0.29) is 5.69 Å². The van der Waals surface area contributed by atoms with Crippen LogP contribution in [0.15, 0.2) is 41.5 Å². The summed E-state index contributed by atoms with van der Waals surface area (Å²) >= 11 is 0. The first kappa shape index (κ1) is 16.6. The normalized spacial score (nSPS) is 13.6. The number of hydrogen-bond acceptors (Lipinski definition) is 6. The van der Waals surface area contributed by atoms with E-state index in [2.05, 4.69) is 19.9 Å². The average Bonchev–Trinajstić information content (AvgIpc) is 3.05. The lowest BCUT2D eigenvalue weighted by Gasteiger charge is -2.28. The van der Waals surface area contributed by atoms with Crippen molar-refractivity contribution in [2.45, 2.75) is 6.92 Å². The Bertz CT molecular complexity index is 1260. The van der Waals surface area contributed by atoms with E-state index in [0.29, 0.717) is 35.8 Å². The van der Waals surface area contributed by atoms with Gasteiger partial charge in [0.2, 0.25) is 0 Å². The van der Waals surface area contributed by atoms with E-state index in [1.165, 1.54) is 0 Å². The van der Waals surface area contributed by atoms with E-state index in [9.17, 15) is 4.79 Å². The van der Waals surface area contributed by atoms with Crippen LogP contribution in [0.3, 0.4) is 0 Å². The molecule has 1 aromatic carbocycles. The van der Waals surface area contributed by atoms with Crippen LogP contribution in [0.1, 0.15) is 6.92 Å². The zero-order chi connectivity index (χ0) is 19.3. The second kappa shape index (κ2) is 6.26. The van der Waals surface area contributed by atoms with E-state index in [4.69, 9.17) is 9.47 Å². The van der Waals surface area contributed by atoms with Crippen LogP contribution in [0, 0.1) is 0 Å². The number of nitrogens with zero attached hydrogens (tertiary/aromatic N) is 4. The average molecular weight is 377 g/mol. The third-order valence-corrected chi connectivity index (χ3v) is 4.96. The van der Waals surface area contributed by atoms with E-state index in [0.717, 1.165) is 28.9 Å². The molecule has 0 fully saturated rings. The van der Waals surface area contributed by atoms with Crippen molar-refractivity contribution in [2.24, 2.45) is 0 Å². The van der Waals surface area contributed by atoms with Crippen LogP contribution in [0.25, 0.3) is 27.8 Å². The number of pyridine rings is 2. The van der Waals surface area contributed by atoms with Gasteiger partial charge >= 0.3 is 5.69 Å². The molecule has 1 aliphatic rings. The van der Waals surface area contributed by atoms with Crippen LogP contribution in [-0.2, 0) is 0 Å². The fraction of sp³-hybridized carbons (Fsp3) is 0.250. The standard InChI is InChI=1S/C20H19N5O3/c1-3-27-16-6-7-21-19-17(16)25(20(26)23-19)12-4-5-14-13(10-12)18-15(11-22-14)24(2)8-9-28-18/h4-7,10-11H,3,8-9H2,1-2H3,(H,21,23,26). The Morgan fingerprint density at radius 1 is 1.29 bits per heavy atom. The molecule has 0 atom stereocenters. The Balaban J connectivity index is 1.78. The summed E-state index contributed by atoms with van der Waals surface area (Å²) in [6.07, 6.45) is 3.45. The molecule has 1 N–H and O–H groups in total. The Kier molecular flexibility index (Phi) is 3.71. The predicted molar refractivity (Wildman–Crippen MR) is 107 cm³/mol. The highest BCUT2D eigenvalue weighted by atomic mass is 16.5. The molecular formula is C20H19N5O3. The maximum absolute atomic E-state index is 12.7. The summed E-state index contributed by atoms with van der Waals surface area (Å²) in [5, 5.41) is 0.865. The molecule has 0 radical (unpaired) electrons. The molecule has 0 amide bonds. The molecule has 28 heavy (non-hydrogen) atoms. The third kappa shape index (κ3) is 2.41. The summed E-state index contributed by atoms with van der Waals surface area (Å²) in [5.74, 6) is 1.40. The molecule has 3 aromatic heterocycles. The van der Waals surface area contributed by atoms with Crippen molar-refractivity contribution in [3.8, 4) is 17.2 Å². The Labute approximate surface area is 160 Å². The van der Waals surface area contributed by atoms with Crippen molar-refractivity contribution in [3.63, 3.8) is 0 Å². The summed E-state index contributed by atoms with van der Waals surface area (Å²) in [7, 11) is 2.02. The summed E-state index contributed by atoms with van der Waals surface area (Å²) < 4.78 is 13.3. The van der Waals surface area contributed by atoms with Gasteiger partial charge < -0.3 is 14.4 Å². The van der Waals surface area contributed by atoms with Gasteiger partial charge in [-0.05, 0) is 25.1 Å². The SMILES string of the molecule is CCOc1ccnc2[nH]c(=O)n(-c3ccc4ncc5c(c4c3)OCCN5C)c12. The predicted octanol–water partition coefficient (Wildman–Crippen LogP) is 2.49. The molecule has 1 aliphatic heterocycles. The molecule has 0 unspecified atom stereocenters. The summed E-state index contributed by atoms with van der Waals surface area (Å²) in [6, 6.07) is 7.45. The Morgan fingerprint density at radius 2 is 2.18 bits per heavy atom. The first-order valence-electron chi connectivity index (χ1n) is 9.17. The number of aromatic amines is 1. The second-order valence-electron chi connectivity index (χ2n) is 6.65. The fourth-order valence-electron chi connectivity index (χ4n) is 3.63. The molecule has 8 heteroatoms. The van der Waals surface area contributed by atoms with Crippen LogP contribution in [0.2, 0.25) is 0 Å². The highest BCUT2D eigenvalue weighted by Crippen LogP contribution is 2.37. The number of nitrogens with one attached hydrogen (secondary N) is 1. The minimum Gasteiger partial charge on any atom is -0.491 e. The molecule has 0 spiro atoms. The molecule has 0 aliphatic carbocycles. The summed E-state index contributed by atoms with van der Waals surface area (Å²) in [5.41, 5.74) is 3.28. The minimum atomic E-state index is -0.273. The zero-order valence-electron chi connectivity index (χ0n) is 15.6. The van der Waals surface area contributed by atoms with E-state index in [1.807, 2.05) is 38.4 Å². The van der Waals surface area contributed by atoms with Gasteiger partial charge in [0.1, 0.15) is 17.9 Å². The van der Waals surface area contributed by atoms with Gasteiger partial charge in [0, 0.05) is 24.7 Å². The van der Waals surface area contributed by atoms with Crippen molar-refractivity contribution < 1.29 is 9.47 Å². The number of H-pyrrole nitrogens is 1. The molecular weight excluding hydrogens is 358 g/mol. The largest absolute Gasteiger partial charge is 0.491 e. The van der Waals surface area contributed by atoms with Crippen LogP contribution in [0.4, 0.5) is 5.69 Å². The molecule has 5 rings (SSSR count). The number of fused-ring (bicyclic) bond motifs is 4. The number of anilines is 1. The first-order chi connectivity index (χ1) is 13.7. The maximum Gasteiger partial charge on any atom is 0.332 e. The van der Waals surface area contributed by atoms with Gasteiger partial charge in [-0.3, -0.25) is 14.5 Å². The van der Waals surface area contributed by atoms with E-state index >= 15 is 0 Å². The summed E-state index contributed by atoms with van der Waals surface area (Å²) in [4.78, 5) is 26.5. The molecule has 8 nitrogen and oxygen atoms in total. The van der Waals surface area contributed by atoms with Crippen LogP contribution in [-0.4, -0.2) is 46.3 Å². The Hall–Kier alpha value is -3.55. The second-order valence-corrected chi connectivity index (χ2v) is 6.65.